The Balaban J connectivity index is 2.06. The Morgan fingerprint density at radius 1 is 0.889 bits per heavy atom. The summed E-state index contributed by atoms with van der Waals surface area (Å²) in [4.78, 5) is 12.0. The van der Waals surface area contributed by atoms with Crippen molar-refractivity contribution in [1.29, 1.82) is 0 Å². The molecule has 18 heavy (non-hydrogen) atoms. The Labute approximate surface area is 117 Å². The number of fused-ring (bicyclic) bond motifs is 1. The fourth-order valence-electron chi connectivity index (χ4n) is 1.74. The monoisotopic (exact) mass is 366 g/mol. The third kappa shape index (κ3) is 2.50. The van der Waals surface area contributed by atoms with E-state index < -0.39 is 0 Å². The minimum absolute atomic E-state index is 0.173. The average Bonchev–Trinajstić information content (AvgIpc) is 2.40. The van der Waals surface area contributed by atoms with Crippen LogP contribution in [-0.2, 0) is 0 Å². The van der Waals surface area contributed by atoms with E-state index >= 15 is 0 Å². The van der Waals surface area contributed by atoms with Gasteiger partial charge in [-0.1, -0.05) is 0 Å². The molecule has 2 aromatic carbocycles. The van der Waals surface area contributed by atoms with Crippen LogP contribution in [0.2, 0.25) is 0 Å². The molecular weight excluding hydrogens is 354 g/mol. The van der Waals surface area contributed by atoms with E-state index in [1.165, 1.54) is 12.1 Å². The molecule has 0 aliphatic heterocycles. The van der Waals surface area contributed by atoms with E-state index in [2.05, 4.69) is 30.3 Å². The van der Waals surface area contributed by atoms with E-state index in [-0.39, 0.29) is 20.4 Å². The van der Waals surface area contributed by atoms with Crippen LogP contribution in [0.3, 0.4) is 0 Å². The third-order valence-electron chi connectivity index (χ3n) is 2.57. The molecule has 0 unspecified atom stereocenters. The summed E-state index contributed by atoms with van der Waals surface area (Å²) in [5, 5.41) is 0.894. The summed E-state index contributed by atoms with van der Waals surface area (Å²) in [6, 6.07) is 20.3. The van der Waals surface area contributed by atoms with Crippen molar-refractivity contribution in [2.45, 2.75) is 0 Å². The van der Waals surface area contributed by atoms with Crippen LogP contribution in [-0.4, -0.2) is 29.5 Å². The molecule has 0 radical (unpaired) electrons. The molecule has 1 nitrogen and oxygen atoms in total. The second-order valence-corrected chi connectivity index (χ2v) is 9.77. The molecule has 0 bridgehead atoms. The van der Waals surface area contributed by atoms with Gasteiger partial charge in [0.15, 0.2) is 0 Å². The molecule has 1 heterocycles. The normalized spacial score (nSPS) is 10.7. The van der Waals surface area contributed by atoms with Gasteiger partial charge in [0, 0.05) is 0 Å². The molecule has 0 aliphatic rings. The van der Waals surface area contributed by atoms with Crippen LogP contribution < -0.4 is 13.2 Å². The second-order valence-electron chi connectivity index (χ2n) is 3.84. The maximum absolute atomic E-state index is 12.0. The van der Waals surface area contributed by atoms with Crippen molar-refractivity contribution in [1.82, 2.24) is 0 Å². The summed E-state index contributed by atoms with van der Waals surface area (Å²) in [6.07, 6.45) is 0. The molecule has 0 fully saturated rings. The molecule has 1 aromatic heterocycles. The number of benzene rings is 2. The summed E-state index contributed by atoms with van der Waals surface area (Å²) >= 11 is 0.588. The van der Waals surface area contributed by atoms with Crippen LogP contribution in [0, 0.1) is 0 Å². The zero-order chi connectivity index (χ0) is 12.4. The fourth-order valence-corrected chi connectivity index (χ4v) is 7.45. The van der Waals surface area contributed by atoms with E-state index in [0.29, 0.717) is 14.5 Å². The fraction of sp³-hybridized carbons (Fsp3) is 0. The number of hydrogen-bond donors (Lipinski definition) is 0. The number of hydrogen-bond acceptors (Lipinski definition) is 1. The summed E-state index contributed by atoms with van der Waals surface area (Å²) in [5.74, 6) is 0. The Bertz CT molecular complexity index is 732. The average molecular weight is 364 g/mol. The zero-order valence-corrected chi connectivity index (χ0v) is 12.9. The minimum atomic E-state index is 0.173. The van der Waals surface area contributed by atoms with Gasteiger partial charge >= 0.3 is 118 Å². The summed E-state index contributed by atoms with van der Waals surface area (Å²) < 4.78 is 3.89. The molecule has 3 heteroatoms. The van der Waals surface area contributed by atoms with Crippen molar-refractivity contribution in [2.24, 2.45) is 0 Å². The molecule has 0 atom stereocenters. The van der Waals surface area contributed by atoms with Crippen LogP contribution in [0.5, 0.6) is 0 Å². The van der Waals surface area contributed by atoms with Crippen LogP contribution >= 0.6 is 0 Å². The molecule has 88 valence electrons. The number of rotatable bonds is 2. The van der Waals surface area contributed by atoms with Crippen LogP contribution in [0.4, 0.5) is 0 Å². The van der Waals surface area contributed by atoms with E-state index in [1.807, 2.05) is 30.3 Å². The maximum atomic E-state index is 12.0. The molecule has 0 saturated heterocycles. The van der Waals surface area contributed by atoms with Crippen molar-refractivity contribution in [3.63, 3.8) is 0 Å². The first-order valence-corrected chi connectivity index (χ1v) is 9.01. The predicted molar refractivity (Wildman–Crippen MR) is 78.6 cm³/mol. The van der Waals surface area contributed by atoms with Crippen LogP contribution in [0.15, 0.2) is 65.5 Å². The molecule has 0 N–H and O–H groups in total. The molecule has 0 amide bonds. The van der Waals surface area contributed by atoms with Crippen molar-refractivity contribution in [3.8, 4) is 0 Å². The molecule has 0 saturated carbocycles. The zero-order valence-electron chi connectivity index (χ0n) is 9.50. The van der Waals surface area contributed by atoms with Crippen LogP contribution in [0.25, 0.3) is 9.65 Å². The Morgan fingerprint density at radius 2 is 1.61 bits per heavy atom. The van der Waals surface area contributed by atoms with Gasteiger partial charge in [0.1, 0.15) is 0 Å². The van der Waals surface area contributed by atoms with E-state index in [9.17, 15) is 4.79 Å². The van der Waals surface area contributed by atoms with Gasteiger partial charge in [0.25, 0.3) is 0 Å². The topological polar surface area (TPSA) is 17.1 Å². The summed E-state index contributed by atoms with van der Waals surface area (Å²) in [6.45, 7) is 0. The van der Waals surface area contributed by atoms with Crippen molar-refractivity contribution < 1.29 is 0 Å². The first-order valence-electron chi connectivity index (χ1n) is 5.59. The van der Waals surface area contributed by atoms with Crippen molar-refractivity contribution in [3.05, 3.63) is 70.9 Å². The van der Waals surface area contributed by atoms with E-state index in [4.69, 9.17) is 0 Å². The van der Waals surface area contributed by atoms with Gasteiger partial charge in [0.2, 0.25) is 0 Å². The van der Waals surface area contributed by atoms with Gasteiger partial charge in [-0.15, -0.1) is 0 Å². The van der Waals surface area contributed by atoms with Gasteiger partial charge in [-0.05, 0) is 0 Å². The summed E-state index contributed by atoms with van der Waals surface area (Å²) in [7, 11) is 0. The molecule has 0 spiro atoms. The first-order chi connectivity index (χ1) is 8.83. The van der Waals surface area contributed by atoms with E-state index in [0.717, 1.165) is 5.39 Å². The second kappa shape index (κ2) is 5.26. The van der Waals surface area contributed by atoms with Gasteiger partial charge in [-0.25, -0.2) is 0 Å². The molecule has 3 aromatic rings. The van der Waals surface area contributed by atoms with Gasteiger partial charge in [-0.3, -0.25) is 0 Å². The Hall–Kier alpha value is -1.11. The molecule has 0 aliphatic carbocycles. The first kappa shape index (κ1) is 12.0. The summed E-state index contributed by atoms with van der Waals surface area (Å²) in [5.41, 5.74) is 0.173. The Morgan fingerprint density at radius 3 is 2.44 bits per heavy atom. The Kier molecular flexibility index (Phi) is 3.49. The van der Waals surface area contributed by atoms with Crippen molar-refractivity contribution >= 4 is 46.9 Å². The SMILES string of the molecule is O=c1cc([Se]c2ccccc2)[se]c2ccccc12. The van der Waals surface area contributed by atoms with Gasteiger partial charge in [0.05, 0.1) is 0 Å². The van der Waals surface area contributed by atoms with E-state index in [1.54, 1.807) is 0 Å². The predicted octanol–water partition coefficient (Wildman–Crippen LogP) is 0.912. The molecule has 3 rings (SSSR count). The quantitative estimate of drug-likeness (QED) is 0.618. The third-order valence-corrected chi connectivity index (χ3v) is 8.00. The van der Waals surface area contributed by atoms with Gasteiger partial charge in [-0.2, -0.15) is 0 Å². The standard InChI is InChI=1S/C15H10OSe2/c16-13-10-15(17-11-6-2-1-3-7-11)18-14-9-5-4-8-12(13)14/h1-10H. The van der Waals surface area contributed by atoms with Crippen LogP contribution in [0.1, 0.15) is 0 Å². The van der Waals surface area contributed by atoms with Gasteiger partial charge < -0.3 is 0 Å². The van der Waals surface area contributed by atoms with Crippen molar-refractivity contribution in [2.75, 3.05) is 0 Å². The molecular formula is C15H10OSe2.